The summed E-state index contributed by atoms with van der Waals surface area (Å²) < 4.78 is 16.0. The van der Waals surface area contributed by atoms with Crippen LogP contribution in [0.25, 0.3) is 0 Å². The molecule has 7 nitrogen and oxygen atoms in total. The summed E-state index contributed by atoms with van der Waals surface area (Å²) in [5.74, 6) is 0.595. The number of nitrogens with zero attached hydrogens (tertiary/aromatic N) is 1. The van der Waals surface area contributed by atoms with Crippen LogP contribution in [0.1, 0.15) is 18.4 Å². The summed E-state index contributed by atoms with van der Waals surface area (Å²) in [5, 5.41) is 3.27. The predicted octanol–water partition coefficient (Wildman–Crippen LogP) is 1.36. The van der Waals surface area contributed by atoms with Crippen LogP contribution in [-0.2, 0) is 20.9 Å². The van der Waals surface area contributed by atoms with Crippen molar-refractivity contribution in [2.75, 3.05) is 33.4 Å². The Balaban J connectivity index is 1.79. The second-order valence-electron chi connectivity index (χ2n) is 6.01. The highest BCUT2D eigenvalue weighted by molar-refractivity contribution is 6.32. The van der Waals surface area contributed by atoms with Gasteiger partial charge in [0.05, 0.1) is 31.8 Å². The Labute approximate surface area is 151 Å². The highest BCUT2D eigenvalue weighted by atomic mass is 35.5. The molecular formula is C17H21ClN2O5. The minimum absolute atomic E-state index is 0.0145. The molecule has 1 aromatic carbocycles. The maximum atomic E-state index is 12.2. The number of methoxy groups -OCH3 is 1. The third kappa shape index (κ3) is 4.16. The zero-order valence-corrected chi connectivity index (χ0v) is 14.8. The van der Waals surface area contributed by atoms with Gasteiger partial charge in [-0.2, -0.15) is 0 Å². The van der Waals surface area contributed by atoms with Gasteiger partial charge in [0.15, 0.2) is 11.5 Å². The number of rotatable bonds is 4. The molecule has 1 saturated heterocycles. The number of ether oxygens (including phenoxy) is 3. The SMILES string of the molecule is COC(=O)C[C@H]1C(=O)NCCN1Cc1cc(Cl)c2c(c1)OCCCO2. The molecule has 3 rings (SSSR count). The lowest BCUT2D eigenvalue weighted by Crippen LogP contribution is -2.55. The number of hydrogen-bond acceptors (Lipinski definition) is 6. The third-order valence-corrected chi connectivity index (χ3v) is 4.56. The summed E-state index contributed by atoms with van der Waals surface area (Å²) in [6.45, 7) is 2.79. The normalized spacial score (nSPS) is 20.6. The second kappa shape index (κ2) is 7.93. The van der Waals surface area contributed by atoms with E-state index in [2.05, 4.69) is 5.32 Å². The molecule has 1 atom stereocenters. The van der Waals surface area contributed by atoms with E-state index in [1.54, 1.807) is 0 Å². The Morgan fingerprint density at radius 1 is 1.40 bits per heavy atom. The number of halogens is 1. The Morgan fingerprint density at radius 3 is 3.00 bits per heavy atom. The molecule has 1 fully saturated rings. The second-order valence-corrected chi connectivity index (χ2v) is 6.42. The molecule has 0 aromatic heterocycles. The Hall–Kier alpha value is -1.99. The van der Waals surface area contributed by atoms with E-state index in [1.165, 1.54) is 7.11 Å². The first-order chi connectivity index (χ1) is 12.1. The largest absolute Gasteiger partial charge is 0.489 e. The van der Waals surface area contributed by atoms with Crippen molar-refractivity contribution in [1.82, 2.24) is 10.2 Å². The van der Waals surface area contributed by atoms with Gasteiger partial charge in [-0.15, -0.1) is 0 Å². The van der Waals surface area contributed by atoms with E-state index in [9.17, 15) is 9.59 Å². The Kier molecular flexibility index (Phi) is 5.65. The minimum atomic E-state index is -0.559. The van der Waals surface area contributed by atoms with Gasteiger partial charge in [0, 0.05) is 26.1 Å². The summed E-state index contributed by atoms with van der Waals surface area (Å²) in [6, 6.07) is 3.14. The summed E-state index contributed by atoms with van der Waals surface area (Å²) in [6.07, 6.45) is 0.814. The fraction of sp³-hybridized carbons (Fsp3) is 0.529. The molecule has 0 bridgehead atoms. The van der Waals surface area contributed by atoms with E-state index in [4.69, 9.17) is 25.8 Å². The van der Waals surface area contributed by atoms with Gasteiger partial charge < -0.3 is 19.5 Å². The molecule has 0 saturated carbocycles. The summed E-state index contributed by atoms with van der Waals surface area (Å²) >= 11 is 6.33. The first kappa shape index (κ1) is 17.8. The summed E-state index contributed by atoms with van der Waals surface area (Å²) in [5.41, 5.74) is 0.902. The van der Waals surface area contributed by atoms with Crippen molar-refractivity contribution in [1.29, 1.82) is 0 Å². The van der Waals surface area contributed by atoms with E-state index < -0.39 is 12.0 Å². The molecule has 8 heteroatoms. The van der Waals surface area contributed by atoms with Crippen LogP contribution in [-0.4, -0.2) is 56.2 Å². The standard InChI is InChI=1S/C17H21ClN2O5/c1-23-15(21)9-13-17(22)19-3-4-20(13)10-11-7-12(18)16-14(8-11)24-5-2-6-25-16/h7-8,13H,2-6,9-10H2,1H3,(H,19,22)/t13-/m0/s1. The Bertz CT molecular complexity index is 667. The maximum Gasteiger partial charge on any atom is 0.307 e. The number of carbonyl (C=O) groups is 2. The lowest BCUT2D eigenvalue weighted by Gasteiger charge is -2.34. The van der Waals surface area contributed by atoms with Gasteiger partial charge in [0.2, 0.25) is 5.91 Å². The molecule has 0 aliphatic carbocycles. The van der Waals surface area contributed by atoms with Crippen molar-refractivity contribution < 1.29 is 23.8 Å². The van der Waals surface area contributed by atoms with Crippen molar-refractivity contribution in [3.8, 4) is 11.5 Å². The first-order valence-corrected chi connectivity index (χ1v) is 8.63. The molecule has 1 N–H and O–H groups in total. The Morgan fingerprint density at radius 2 is 2.20 bits per heavy atom. The fourth-order valence-corrected chi connectivity index (χ4v) is 3.31. The summed E-state index contributed by atoms with van der Waals surface area (Å²) in [7, 11) is 1.32. The van der Waals surface area contributed by atoms with E-state index >= 15 is 0 Å². The highest BCUT2D eigenvalue weighted by Crippen LogP contribution is 2.38. The number of nitrogens with one attached hydrogen (secondary N) is 1. The topological polar surface area (TPSA) is 77.1 Å². The molecule has 0 unspecified atom stereocenters. The molecule has 1 aromatic rings. The average Bonchev–Trinajstić information content (AvgIpc) is 2.83. The number of piperazine rings is 1. The van der Waals surface area contributed by atoms with Gasteiger partial charge in [0.1, 0.15) is 6.04 Å². The van der Waals surface area contributed by atoms with E-state index in [-0.39, 0.29) is 12.3 Å². The molecule has 2 heterocycles. The van der Waals surface area contributed by atoms with Crippen LogP contribution in [0.2, 0.25) is 5.02 Å². The lowest BCUT2D eigenvalue weighted by atomic mass is 10.1. The molecular weight excluding hydrogens is 348 g/mol. The zero-order valence-electron chi connectivity index (χ0n) is 14.0. The highest BCUT2D eigenvalue weighted by Gasteiger charge is 2.32. The average molecular weight is 369 g/mol. The van der Waals surface area contributed by atoms with Crippen molar-refractivity contribution in [3.05, 3.63) is 22.7 Å². The van der Waals surface area contributed by atoms with Crippen molar-refractivity contribution in [2.45, 2.75) is 25.4 Å². The number of hydrogen-bond donors (Lipinski definition) is 1. The maximum absolute atomic E-state index is 12.2. The number of benzene rings is 1. The molecule has 0 radical (unpaired) electrons. The molecule has 2 aliphatic rings. The smallest absolute Gasteiger partial charge is 0.307 e. The van der Waals surface area contributed by atoms with Crippen molar-refractivity contribution in [2.24, 2.45) is 0 Å². The van der Waals surface area contributed by atoms with E-state index in [0.717, 1.165) is 12.0 Å². The van der Waals surface area contributed by atoms with Gasteiger partial charge in [-0.1, -0.05) is 11.6 Å². The van der Waals surface area contributed by atoms with Gasteiger partial charge >= 0.3 is 5.97 Å². The fourth-order valence-electron chi connectivity index (χ4n) is 3.02. The quantitative estimate of drug-likeness (QED) is 0.809. The van der Waals surface area contributed by atoms with Crippen LogP contribution in [0.3, 0.4) is 0 Å². The van der Waals surface area contributed by atoms with Crippen LogP contribution in [0.15, 0.2) is 12.1 Å². The molecule has 0 spiro atoms. The predicted molar refractivity (Wildman–Crippen MR) is 90.9 cm³/mol. The van der Waals surface area contributed by atoms with Gasteiger partial charge in [-0.25, -0.2) is 0 Å². The molecule has 25 heavy (non-hydrogen) atoms. The van der Waals surface area contributed by atoms with Crippen LogP contribution in [0.5, 0.6) is 11.5 Å². The number of fused-ring (bicyclic) bond motifs is 1. The van der Waals surface area contributed by atoms with Crippen molar-refractivity contribution in [3.63, 3.8) is 0 Å². The van der Waals surface area contributed by atoms with Crippen LogP contribution < -0.4 is 14.8 Å². The zero-order chi connectivity index (χ0) is 17.8. The van der Waals surface area contributed by atoms with Crippen LogP contribution >= 0.6 is 11.6 Å². The minimum Gasteiger partial charge on any atom is -0.489 e. The van der Waals surface area contributed by atoms with Crippen molar-refractivity contribution >= 4 is 23.5 Å². The first-order valence-electron chi connectivity index (χ1n) is 8.25. The number of amides is 1. The van der Waals surface area contributed by atoms with Gasteiger partial charge in [-0.05, 0) is 17.7 Å². The molecule has 1 amide bonds. The number of carbonyl (C=O) groups excluding carboxylic acids is 2. The van der Waals surface area contributed by atoms with Crippen LogP contribution in [0.4, 0.5) is 0 Å². The lowest BCUT2D eigenvalue weighted by molar-refractivity contribution is -0.146. The van der Waals surface area contributed by atoms with E-state index in [1.807, 2.05) is 17.0 Å². The third-order valence-electron chi connectivity index (χ3n) is 4.28. The number of esters is 1. The molecule has 136 valence electrons. The van der Waals surface area contributed by atoms with Gasteiger partial charge in [-0.3, -0.25) is 14.5 Å². The van der Waals surface area contributed by atoms with E-state index in [0.29, 0.717) is 49.4 Å². The molecule has 2 aliphatic heterocycles. The summed E-state index contributed by atoms with van der Waals surface area (Å²) in [4.78, 5) is 25.7. The van der Waals surface area contributed by atoms with Gasteiger partial charge in [0.25, 0.3) is 0 Å². The van der Waals surface area contributed by atoms with Crippen LogP contribution in [0, 0.1) is 0 Å². The monoisotopic (exact) mass is 368 g/mol.